The standard InChI is InChI=1S/C29H40N2O4Si/c1-29(2,3)36(5,6)35-18-17-31(16-15-24-20-30-27-13-12-25(32)19-26(24)27)21-23-9-7-22(8-10-23)11-14-28(33)34-4/h7-14,19-20,30,32H,15-18,21H2,1-6H3. The number of esters is 1. The SMILES string of the molecule is COC(=O)C=Cc1ccc(CN(CCO[Si](C)(C)C(C)(C)C)CCc2c[nH]c3ccc(O)cc23)cc1. The first-order valence-electron chi connectivity index (χ1n) is 12.5. The van der Waals surface area contributed by atoms with E-state index in [2.05, 4.69) is 60.6 Å². The topological polar surface area (TPSA) is 74.8 Å². The van der Waals surface area contributed by atoms with E-state index in [9.17, 15) is 9.90 Å². The van der Waals surface area contributed by atoms with Crippen LogP contribution in [-0.2, 0) is 26.9 Å². The monoisotopic (exact) mass is 508 g/mol. The van der Waals surface area contributed by atoms with Gasteiger partial charge in [0.25, 0.3) is 0 Å². The van der Waals surface area contributed by atoms with Crippen molar-refractivity contribution in [1.82, 2.24) is 9.88 Å². The molecule has 0 atom stereocenters. The molecule has 0 unspecified atom stereocenters. The number of hydrogen-bond donors (Lipinski definition) is 2. The Labute approximate surface area is 216 Å². The summed E-state index contributed by atoms with van der Waals surface area (Å²) >= 11 is 0. The molecular formula is C29H40N2O4Si. The van der Waals surface area contributed by atoms with Gasteiger partial charge in [-0.25, -0.2) is 4.79 Å². The number of aromatic nitrogens is 1. The number of methoxy groups -OCH3 is 1. The summed E-state index contributed by atoms with van der Waals surface area (Å²) in [5.41, 5.74) is 4.38. The Morgan fingerprint density at radius 1 is 1.11 bits per heavy atom. The van der Waals surface area contributed by atoms with Crippen LogP contribution in [0, 0.1) is 0 Å². The van der Waals surface area contributed by atoms with Gasteiger partial charge in [0, 0.05) is 49.4 Å². The van der Waals surface area contributed by atoms with E-state index < -0.39 is 8.32 Å². The average Bonchev–Trinajstić information content (AvgIpc) is 3.22. The van der Waals surface area contributed by atoms with E-state index in [1.54, 1.807) is 12.1 Å². The van der Waals surface area contributed by atoms with Gasteiger partial charge in [0.1, 0.15) is 5.75 Å². The number of phenolic OH excluding ortho intramolecular Hbond substituents is 1. The first-order valence-corrected chi connectivity index (χ1v) is 15.4. The van der Waals surface area contributed by atoms with Crippen LogP contribution in [0.4, 0.5) is 0 Å². The number of rotatable bonds is 11. The Balaban J connectivity index is 1.70. The van der Waals surface area contributed by atoms with Gasteiger partial charge < -0.3 is 19.3 Å². The summed E-state index contributed by atoms with van der Waals surface area (Å²) in [6.45, 7) is 14.6. The van der Waals surface area contributed by atoms with Crippen molar-refractivity contribution in [2.75, 3.05) is 26.8 Å². The number of aromatic amines is 1. The zero-order valence-corrected chi connectivity index (χ0v) is 23.4. The van der Waals surface area contributed by atoms with Crippen molar-refractivity contribution in [3.63, 3.8) is 0 Å². The fourth-order valence-corrected chi connectivity index (χ4v) is 4.83. The van der Waals surface area contributed by atoms with Crippen molar-refractivity contribution in [2.45, 2.75) is 51.9 Å². The molecule has 0 saturated heterocycles. The number of hydrogen-bond acceptors (Lipinski definition) is 5. The molecule has 0 amide bonds. The summed E-state index contributed by atoms with van der Waals surface area (Å²) in [5, 5.41) is 11.2. The van der Waals surface area contributed by atoms with Crippen LogP contribution in [0.3, 0.4) is 0 Å². The quantitative estimate of drug-likeness (QED) is 0.185. The molecule has 1 heterocycles. The molecule has 3 rings (SSSR count). The molecule has 2 aromatic carbocycles. The number of H-pyrrole nitrogens is 1. The third-order valence-electron chi connectivity index (χ3n) is 7.12. The van der Waals surface area contributed by atoms with Crippen LogP contribution >= 0.6 is 0 Å². The van der Waals surface area contributed by atoms with E-state index >= 15 is 0 Å². The molecule has 0 spiro atoms. The lowest BCUT2D eigenvalue weighted by atomic mass is 10.1. The largest absolute Gasteiger partial charge is 0.508 e. The summed E-state index contributed by atoms with van der Waals surface area (Å²) in [4.78, 5) is 17.1. The minimum absolute atomic E-state index is 0.178. The number of ether oxygens (including phenoxy) is 1. The van der Waals surface area contributed by atoms with Crippen LogP contribution in [0.2, 0.25) is 18.1 Å². The van der Waals surface area contributed by atoms with Crippen molar-refractivity contribution < 1.29 is 19.1 Å². The van der Waals surface area contributed by atoms with Gasteiger partial charge in [0.15, 0.2) is 8.32 Å². The van der Waals surface area contributed by atoms with Crippen LogP contribution in [-0.4, -0.2) is 56.1 Å². The lowest BCUT2D eigenvalue weighted by Crippen LogP contribution is -2.43. The van der Waals surface area contributed by atoms with E-state index in [4.69, 9.17) is 4.43 Å². The Morgan fingerprint density at radius 3 is 2.50 bits per heavy atom. The van der Waals surface area contributed by atoms with Crippen molar-refractivity contribution in [2.24, 2.45) is 0 Å². The highest BCUT2D eigenvalue weighted by Crippen LogP contribution is 2.36. The van der Waals surface area contributed by atoms with Crippen LogP contribution in [0.15, 0.2) is 54.7 Å². The summed E-state index contributed by atoms with van der Waals surface area (Å²) in [6, 6.07) is 13.7. The molecule has 7 heteroatoms. The summed E-state index contributed by atoms with van der Waals surface area (Å²) in [6.07, 6.45) is 6.09. The first-order chi connectivity index (χ1) is 17.0. The first kappa shape index (κ1) is 27.7. The highest BCUT2D eigenvalue weighted by atomic mass is 28.4. The Bertz CT molecular complexity index is 1180. The van der Waals surface area contributed by atoms with Gasteiger partial charge in [-0.15, -0.1) is 0 Å². The van der Waals surface area contributed by atoms with Gasteiger partial charge in [-0.1, -0.05) is 45.0 Å². The normalized spacial score (nSPS) is 12.6. The lowest BCUT2D eigenvalue weighted by Gasteiger charge is -2.37. The van der Waals surface area contributed by atoms with Crippen LogP contribution in [0.1, 0.15) is 37.5 Å². The van der Waals surface area contributed by atoms with E-state index in [0.29, 0.717) is 6.61 Å². The van der Waals surface area contributed by atoms with Gasteiger partial charge in [0.05, 0.1) is 7.11 Å². The Hall–Kier alpha value is -2.87. The van der Waals surface area contributed by atoms with E-state index in [1.165, 1.54) is 24.3 Å². The minimum Gasteiger partial charge on any atom is -0.508 e. The molecule has 0 radical (unpaired) electrons. The number of phenols is 1. The second-order valence-corrected chi connectivity index (χ2v) is 15.6. The molecule has 0 saturated carbocycles. The maximum atomic E-state index is 11.4. The predicted molar refractivity (Wildman–Crippen MR) is 150 cm³/mol. The van der Waals surface area contributed by atoms with Crippen LogP contribution in [0.5, 0.6) is 5.75 Å². The zero-order chi connectivity index (χ0) is 26.3. The fraction of sp³-hybridized carbons (Fsp3) is 0.414. The molecule has 194 valence electrons. The molecule has 1 aromatic heterocycles. The average molecular weight is 509 g/mol. The third-order valence-corrected chi connectivity index (χ3v) is 11.7. The van der Waals surface area contributed by atoms with Crippen LogP contribution in [0.25, 0.3) is 17.0 Å². The number of carbonyl (C=O) groups is 1. The van der Waals surface area contributed by atoms with Gasteiger partial charge >= 0.3 is 5.97 Å². The predicted octanol–water partition coefficient (Wildman–Crippen LogP) is 6.13. The molecule has 0 fully saturated rings. The highest BCUT2D eigenvalue weighted by Gasteiger charge is 2.37. The number of nitrogens with one attached hydrogen (secondary N) is 1. The highest BCUT2D eigenvalue weighted by molar-refractivity contribution is 6.74. The number of nitrogens with zero attached hydrogens (tertiary/aromatic N) is 1. The second kappa shape index (κ2) is 11.9. The zero-order valence-electron chi connectivity index (χ0n) is 22.4. The van der Waals surface area contributed by atoms with Crippen molar-refractivity contribution in [3.8, 4) is 5.75 Å². The van der Waals surface area contributed by atoms with Gasteiger partial charge in [-0.3, -0.25) is 4.90 Å². The summed E-state index contributed by atoms with van der Waals surface area (Å²) < 4.78 is 11.1. The lowest BCUT2D eigenvalue weighted by molar-refractivity contribution is -0.134. The molecule has 3 aromatic rings. The second-order valence-electron chi connectivity index (χ2n) is 10.8. The Kier molecular flexibility index (Phi) is 9.17. The van der Waals surface area contributed by atoms with Gasteiger partial charge in [-0.05, 0) is 65.5 Å². The molecule has 0 aliphatic heterocycles. The third kappa shape index (κ3) is 7.56. The molecule has 0 aliphatic rings. The fourth-order valence-electron chi connectivity index (χ4n) is 3.79. The molecule has 36 heavy (non-hydrogen) atoms. The summed E-state index contributed by atoms with van der Waals surface area (Å²) in [7, 11) is -0.443. The Morgan fingerprint density at radius 2 is 1.83 bits per heavy atom. The molecule has 2 N–H and O–H groups in total. The molecule has 6 nitrogen and oxygen atoms in total. The minimum atomic E-state index is -1.82. The maximum absolute atomic E-state index is 11.4. The van der Waals surface area contributed by atoms with Gasteiger partial charge in [-0.2, -0.15) is 0 Å². The van der Waals surface area contributed by atoms with Gasteiger partial charge in [0.2, 0.25) is 0 Å². The number of benzene rings is 2. The number of carbonyl (C=O) groups excluding carboxylic acids is 1. The van der Waals surface area contributed by atoms with Crippen molar-refractivity contribution in [1.29, 1.82) is 0 Å². The van der Waals surface area contributed by atoms with E-state index in [1.807, 2.05) is 30.5 Å². The number of aromatic hydroxyl groups is 1. The number of fused-ring (bicyclic) bond motifs is 1. The van der Waals surface area contributed by atoms with E-state index in [-0.39, 0.29) is 16.8 Å². The van der Waals surface area contributed by atoms with E-state index in [0.717, 1.165) is 42.5 Å². The summed E-state index contributed by atoms with van der Waals surface area (Å²) in [5.74, 6) is -0.0816. The van der Waals surface area contributed by atoms with Crippen LogP contribution < -0.4 is 0 Å². The molecule has 0 bridgehead atoms. The molecular weight excluding hydrogens is 468 g/mol. The van der Waals surface area contributed by atoms with Crippen molar-refractivity contribution in [3.05, 3.63) is 71.4 Å². The van der Waals surface area contributed by atoms with Crippen molar-refractivity contribution >= 4 is 31.3 Å². The molecule has 0 aliphatic carbocycles. The maximum Gasteiger partial charge on any atom is 0.330 e. The smallest absolute Gasteiger partial charge is 0.330 e.